The molecular formula is C33H42BrN7. The predicted octanol–water partition coefficient (Wildman–Crippen LogP) is 6.61. The number of piperidine rings is 1. The Kier molecular flexibility index (Phi) is 11.8. The van der Waals surface area contributed by atoms with E-state index in [-0.39, 0.29) is 0 Å². The Morgan fingerprint density at radius 1 is 0.683 bits per heavy atom. The number of aryl methyl sites for hydroxylation is 2. The fourth-order valence-electron chi connectivity index (χ4n) is 4.70. The van der Waals surface area contributed by atoms with Gasteiger partial charge in [0, 0.05) is 77.8 Å². The lowest BCUT2D eigenvalue weighted by Gasteiger charge is -2.33. The molecule has 0 radical (unpaired) electrons. The second-order valence-corrected chi connectivity index (χ2v) is 11.8. The Hall–Kier alpha value is -3.20. The predicted molar refractivity (Wildman–Crippen MR) is 173 cm³/mol. The number of benzene rings is 2. The average Bonchev–Trinajstić information content (AvgIpc) is 3.00. The second kappa shape index (κ2) is 15.7. The summed E-state index contributed by atoms with van der Waals surface area (Å²) in [5.41, 5.74) is 5.53. The molecule has 2 fully saturated rings. The normalized spacial score (nSPS) is 18.4. The molecule has 2 atom stereocenters. The van der Waals surface area contributed by atoms with Crippen molar-refractivity contribution in [3.8, 4) is 22.8 Å². The van der Waals surface area contributed by atoms with Gasteiger partial charge in [0.2, 0.25) is 0 Å². The number of halogens is 1. The van der Waals surface area contributed by atoms with E-state index in [0.29, 0.717) is 6.04 Å². The van der Waals surface area contributed by atoms with E-state index < -0.39 is 0 Å². The van der Waals surface area contributed by atoms with Crippen molar-refractivity contribution >= 4 is 21.6 Å². The van der Waals surface area contributed by atoms with Crippen molar-refractivity contribution in [1.29, 1.82) is 0 Å². The van der Waals surface area contributed by atoms with Crippen molar-refractivity contribution in [2.45, 2.75) is 59.0 Å². The number of nitrogens with one attached hydrogen (secondary N) is 2. The molecule has 7 nitrogen and oxygen atoms in total. The Bertz CT molecular complexity index is 1260. The summed E-state index contributed by atoms with van der Waals surface area (Å²) in [6, 6.07) is 17.8. The highest BCUT2D eigenvalue weighted by Gasteiger charge is 2.15. The third-order valence-electron chi connectivity index (χ3n) is 7.08. The molecule has 2 aromatic heterocycles. The van der Waals surface area contributed by atoms with Gasteiger partial charge < -0.3 is 15.5 Å². The van der Waals surface area contributed by atoms with Crippen LogP contribution in [0.4, 0.5) is 5.69 Å². The second-order valence-electron chi connectivity index (χ2n) is 10.9. The molecule has 2 N–H and O–H groups in total. The van der Waals surface area contributed by atoms with Crippen LogP contribution in [-0.4, -0.2) is 58.2 Å². The Labute approximate surface area is 253 Å². The van der Waals surface area contributed by atoms with Gasteiger partial charge in [-0.2, -0.15) is 0 Å². The molecule has 4 heterocycles. The maximum absolute atomic E-state index is 4.37. The van der Waals surface area contributed by atoms with Crippen molar-refractivity contribution in [3.63, 3.8) is 0 Å². The number of aromatic nitrogens is 4. The first-order valence-electron chi connectivity index (χ1n) is 14.5. The van der Waals surface area contributed by atoms with E-state index >= 15 is 0 Å². The number of rotatable bonds is 3. The van der Waals surface area contributed by atoms with Crippen LogP contribution in [0, 0.1) is 13.8 Å². The highest BCUT2D eigenvalue weighted by molar-refractivity contribution is 9.10. The smallest absolute Gasteiger partial charge is 0.159 e. The van der Waals surface area contributed by atoms with Crippen LogP contribution >= 0.6 is 15.9 Å². The summed E-state index contributed by atoms with van der Waals surface area (Å²) < 4.78 is 1.06. The van der Waals surface area contributed by atoms with Crippen LogP contribution in [0.2, 0.25) is 0 Å². The zero-order chi connectivity index (χ0) is 29.0. The third-order valence-corrected chi connectivity index (χ3v) is 7.61. The molecule has 2 aliphatic heterocycles. The van der Waals surface area contributed by atoms with E-state index in [1.54, 1.807) is 0 Å². The van der Waals surface area contributed by atoms with Crippen LogP contribution in [0.15, 0.2) is 77.8 Å². The molecule has 6 rings (SSSR count). The summed E-state index contributed by atoms with van der Waals surface area (Å²) in [5.74, 6) is 1.55. The van der Waals surface area contributed by atoms with Gasteiger partial charge in [0.05, 0.1) is 0 Å². The minimum atomic E-state index is 0.545. The maximum atomic E-state index is 4.37. The van der Waals surface area contributed by atoms with Crippen molar-refractivity contribution in [3.05, 3.63) is 88.9 Å². The van der Waals surface area contributed by atoms with Crippen molar-refractivity contribution < 1.29 is 0 Å². The average molecular weight is 617 g/mol. The van der Waals surface area contributed by atoms with Gasteiger partial charge in [-0.1, -0.05) is 34.5 Å². The molecule has 41 heavy (non-hydrogen) atoms. The van der Waals surface area contributed by atoms with Crippen LogP contribution in [0.1, 0.15) is 44.2 Å². The first kappa shape index (κ1) is 30.8. The molecule has 8 heteroatoms. The molecule has 2 aromatic carbocycles. The molecule has 0 amide bonds. The highest BCUT2D eigenvalue weighted by atomic mass is 79.9. The van der Waals surface area contributed by atoms with Gasteiger partial charge in [-0.05, 0) is 94.6 Å². The van der Waals surface area contributed by atoms with Gasteiger partial charge in [-0.3, -0.25) is 0 Å². The lowest BCUT2D eigenvalue weighted by Crippen LogP contribution is -2.49. The highest BCUT2D eigenvalue weighted by Crippen LogP contribution is 2.22. The fourth-order valence-corrected chi connectivity index (χ4v) is 4.96. The molecule has 0 unspecified atom stereocenters. The summed E-state index contributed by atoms with van der Waals surface area (Å²) in [7, 11) is 0. The van der Waals surface area contributed by atoms with Crippen molar-refractivity contribution in [2.24, 2.45) is 0 Å². The summed E-state index contributed by atoms with van der Waals surface area (Å²) in [5, 5.41) is 6.84. The number of nitrogens with zero attached hydrogens (tertiary/aromatic N) is 5. The third kappa shape index (κ3) is 9.99. The minimum absolute atomic E-state index is 0.545. The van der Waals surface area contributed by atoms with E-state index in [1.165, 1.54) is 31.5 Å². The van der Waals surface area contributed by atoms with Gasteiger partial charge in [0.15, 0.2) is 11.6 Å². The van der Waals surface area contributed by atoms with Crippen LogP contribution in [0.25, 0.3) is 22.8 Å². The lowest BCUT2D eigenvalue weighted by molar-refractivity contribution is 0.425. The largest absolute Gasteiger partial charge is 0.369 e. The summed E-state index contributed by atoms with van der Waals surface area (Å²) in [6.07, 6.45) is 11.5. The Morgan fingerprint density at radius 2 is 1.20 bits per heavy atom. The van der Waals surface area contributed by atoms with E-state index in [9.17, 15) is 0 Å². The number of hydrogen-bond donors (Lipinski definition) is 2. The first-order chi connectivity index (χ1) is 19.9. The molecule has 2 aliphatic rings. The van der Waals surface area contributed by atoms with Gasteiger partial charge in [-0.15, -0.1) is 0 Å². The molecule has 4 aromatic rings. The summed E-state index contributed by atoms with van der Waals surface area (Å²) in [4.78, 5) is 19.7. The number of piperazine rings is 1. The van der Waals surface area contributed by atoms with Gasteiger partial charge in [-0.25, -0.2) is 19.9 Å². The summed E-state index contributed by atoms with van der Waals surface area (Å²) in [6.45, 7) is 12.8. The van der Waals surface area contributed by atoms with Crippen LogP contribution in [0.5, 0.6) is 0 Å². The van der Waals surface area contributed by atoms with Gasteiger partial charge in [0.1, 0.15) is 0 Å². The fraction of sp³-hybridized carbons (Fsp3) is 0.394. The maximum Gasteiger partial charge on any atom is 0.159 e. The van der Waals surface area contributed by atoms with E-state index in [1.807, 2.05) is 62.9 Å². The SMILES string of the molecule is C[C@H]1CCCCN1.Cc1cnc(-c2ccc(Br)cc2)nc1.Cc1cnc(-c2ccc(N3CCN[C@@H](C)C3)cc2)nc1. The Balaban J connectivity index is 0.000000159. The van der Waals surface area contributed by atoms with Crippen molar-refractivity contribution in [1.82, 2.24) is 30.6 Å². The van der Waals surface area contributed by atoms with Gasteiger partial charge in [0.25, 0.3) is 0 Å². The monoisotopic (exact) mass is 615 g/mol. The number of anilines is 1. The van der Waals surface area contributed by atoms with Gasteiger partial charge >= 0.3 is 0 Å². The molecule has 0 bridgehead atoms. The molecular weight excluding hydrogens is 574 g/mol. The van der Waals surface area contributed by atoms with Crippen LogP contribution in [-0.2, 0) is 0 Å². The van der Waals surface area contributed by atoms with E-state index in [2.05, 4.69) is 89.5 Å². The molecule has 0 spiro atoms. The van der Waals surface area contributed by atoms with E-state index in [0.717, 1.165) is 64.1 Å². The van der Waals surface area contributed by atoms with Crippen LogP contribution < -0.4 is 15.5 Å². The van der Waals surface area contributed by atoms with Crippen molar-refractivity contribution in [2.75, 3.05) is 31.1 Å². The summed E-state index contributed by atoms with van der Waals surface area (Å²) >= 11 is 3.39. The first-order valence-corrected chi connectivity index (χ1v) is 15.3. The minimum Gasteiger partial charge on any atom is -0.369 e. The lowest BCUT2D eigenvalue weighted by atomic mass is 10.1. The van der Waals surface area contributed by atoms with E-state index in [4.69, 9.17) is 0 Å². The van der Waals surface area contributed by atoms with Crippen LogP contribution in [0.3, 0.4) is 0 Å². The molecule has 0 aliphatic carbocycles. The zero-order valence-corrected chi connectivity index (χ0v) is 26.2. The topological polar surface area (TPSA) is 78.9 Å². The molecule has 0 saturated carbocycles. The standard InChI is InChI=1S/C16H20N4.C11H9BrN2.C6H13N/c1-12-9-18-16(19-10-12)14-3-5-15(6-4-14)20-8-7-17-13(2)11-20;1-8-6-13-11(14-7-8)9-2-4-10(12)5-3-9;1-6-4-2-3-5-7-6/h3-6,9-10,13,17H,7-8,11H2,1-2H3;2-7H,1H3;6-7H,2-5H2,1H3/t13-;;6-/m0.0/s1. The Morgan fingerprint density at radius 3 is 1.63 bits per heavy atom. The molecule has 2 saturated heterocycles. The quantitative estimate of drug-likeness (QED) is 0.268. The number of hydrogen-bond acceptors (Lipinski definition) is 7. The molecule has 216 valence electrons. The zero-order valence-electron chi connectivity index (χ0n) is 24.6.